The number of nitrogens with zero attached hydrogens (tertiary/aromatic N) is 1. The van der Waals surface area contributed by atoms with Crippen molar-refractivity contribution >= 4 is 5.91 Å². The Balaban J connectivity index is 1.83. The average Bonchev–Trinajstić information content (AvgIpc) is 2.51. The molecule has 1 saturated carbocycles. The summed E-state index contributed by atoms with van der Waals surface area (Å²) in [6.45, 7) is 0. The lowest BCUT2D eigenvalue weighted by Crippen LogP contribution is -2.42. The second-order valence-electron chi connectivity index (χ2n) is 5.50. The largest absolute Gasteiger partial charge is 0.393 e. The Kier molecular flexibility index (Phi) is 4.02. The van der Waals surface area contributed by atoms with Gasteiger partial charge in [-0.2, -0.15) is 0 Å². The molecule has 3 rings (SSSR count). The molecule has 3 N–H and O–H groups in total. The number of carbonyl (C=O) groups excluding carboxylic acids is 1. The van der Waals surface area contributed by atoms with Gasteiger partial charge in [0.25, 0.3) is 11.5 Å². The van der Waals surface area contributed by atoms with Crippen molar-refractivity contribution in [3.8, 4) is 0 Å². The summed E-state index contributed by atoms with van der Waals surface area (Å²) in [7, 11) is 0. The lowest BCUT2D eigenvalue weighted by molar-refractivity contribution is 0.0228. The zero-order chi connectivity index (χ0) is 15.5. The Morgan fingerprint density at radius 2 is 2.14 bits per heavy atom. The number of hydrogen-bond acceptors (Lipinski definition) is 4. The maximum absolute atomic E-state index is 12.4. The molecular weight excluding hydrogens is 282 g/mol. The first kappa shape index (κ1) is 14.5. The van der Waals surface area contributed by atoms with Crippen molar-refractivity contribution in [3.05, 3.63) is 64.3 Å². The molecular formula is C16H17N3O3. The Morgan fingerprint density at radius 1 is 1.32 bits per heavy atom. The van der Waals surface area contributed by atoms with Gasteiger partial charge in [0, 0.05) is 12.4 Å². The van der Waals surface area contributed by atoms with Gasteiger partial charge < -0.3 is 15.4 Å². The van der Waals surface area contributed by atoms with Gasteiger partial charge in [-0.15, -0.1) is 0 Å². The monoisotopic (exact) mass is 299 g/mol. The third-order valence-electron chi connectivity index (χ3n) is 3.98. The molecule has 0 aliphatic heterocycles. The predicted octanol–water partition coefficient (Wildman–Crippen LogP) is 1.01. The lowest BCUT2D eigenvalue weighted by Gasteiger charge is -2.37. The highest BCUT2D eigenvalue weighted by Crippen LogP contribution is 2.37. The van der Waals surface area contributed by atoms with Gasteiger partial charge in [0.1, 0.15) is 5.56 Å². The minimum Gasteiger partial charge on any atom is -0.393 e. The molecule has 0 spiro atoms. The van der Waals surface area contributed by atoms with E-state index in [4.69, 9.17) is 0 Å². The summed E-state index contributed by atoms with van der Waals surface area (Å²) in [5.74, 6) is -0.310. The summed E-state index contributed by atoms with van der Waals surface area (Å²) in [4.78, 5) is 30.8. The van der Waals surface area contributed by atoms with E-state index in [2.05, 4.69) is 15.3 Å². The van der Waals surface area contributed by atoms with Crippen LogP contribution in [0.5, 0.6) is 0 Å². The lowest BCUT2D eigenvalue weighted by atomic mass is 9.76. The summed E-state index contributed by atoms with van der Waals surface area (Å²) >= 11 is 0. The van der Waals surface area contributed by atoms with Crippen LogP contribution in [0.15, 0.2) is 47.5 Å². The summed E-state index contributed by atoms with van der Waals surface area (Å²) in [6.07, 6.45) is 4.06. The predicted molar refractivity (Wildman–Crippen MR) is 80.2 cm³/mol. The molecule has 1 aliphatic carbocycles. The number of aromatic nitrogens is 2. The Labute approximate surface area is 127 Å². The molecule has 0 aromatic carbocycles. The number of carbonyl (C=O) groups is 1. The third kappa shape index (κ3) is 2.92. The fraction of sp³-hybridized carbons (Fsp3) is 0.312. The molecule has 6 nitrogen and oxygen atoms in total. The Bertz CT molecular complexity index is 708. The number of H-pyrrole nitrogens is 1. The first-order valence-corrected chi connectivity index (χ1v) is 7.22. The van der Waals surface area contributed by atoms with Crippen LogP contribution in [-0.4, -0.2) is 27.1 Å². The number of amides is 1. The van der Waals surface area contributed by atoms with Crippen LogP contribution in [0, 0.1) is 5.92 Å². The van der Waals surface area contributed by atoms with Crippen LogP contribution in [0.4, 0.5) is 0 Å². The number of nitrogens with one attached hydrogen (secondary N) is 2. The van der Waals surface area contributed by atoms with Crippen LogP contribution in [0.25, 0.3) is 0 Å². The van der Waals surface area contributed by atoms with Gasteiger partial charge in [-0.1, -0.05) is 6.07 Å². The molecule has 2 aromatic rings. The number of hydrogen-bond donors (Lipinski definition) is 3. The summed E-state index contributed by atoms with van der Waals surface area (Å²) in [6, 6.07) is 8.28. The highest BCUT2D eigenvalue weighted by molar-refractivity contribution is 5.94. The summed E-state index contributed by atoms with van der Waals surface area (Å²) in [5, 5.41) is 12.4. The second-order valence-corrected chi connectivity index (χ2v) is 5.50. The van der Waals surface area contributed by atoms with Crippen LogP contribution in [-0.2, 0) is 0 Å². The van der Waals surface area contributed by atoms with E-state index in [0.29, 0.717) is 12.8 Å². The van der Waals surface area contributed by atoms with E-state index in [0.717, 1.165) is 5.69 Å². The van der Waals surface area contributed by atoms with Crippen LogP contribution >= 0.6 is 0 Å². The van der Waals surface area contributed by atoms with Gasteiger partial charge in [0.15, 0.2) is 0 Å². The van der Waals surface area contributed by atoms with E-state index in [1.54, 1.807) is 18.3 Å². The maximum atomic E-state index is 12.4. The molecule has 22 heavy (non-hydrogen) atoms. The number of rotatable bonds is 4. The fourth-order valence-electron chi connectivity index (χ4n) is 2.71. The molecule has 1 fully saturated rings. The van der Waals surface area contributed by atoms with Crippen molar-refractivity contribution < 1.29 is 9.90 Å². The van der Waals surface area contributed by atoms with Gasteiger partial charge in [-0.25, -0.2) is 0 Å². The topological polar surface area (TPSA) is 95.1 Å². The Hall–Kier alpha value is -2.47. The molecule has 0 bridgehead atoms. The highest BCUT2D eigenvalue weighted by Gasteiger charge is 2.36. The van der Waals surface area contributed by atoms with Gasteiger partial charge in [-0.3, -0.25) is 14.6 Å². The molecule has 1 aliphatic rings. The number of aromatic amines is 1. The van der Waals surface area contributed by atoms with E-state index in [1.165, 1.54) is 12.3 Å². The van der Waals surface area contributed by atoms with Gasteiger partial charge >= 0.3 is 0 Å². The zero-order valence-electron chi connectivity index (χ0n) is 11.9. The minimum absolute atomic E-state index is 0.0725. The molecule has 0 saturated heterocycles. The number of aliphatic hydroxyl groups is 1. The highest BCUT2D eigenvalue weighted by atomic mass is 16.3. The number of aliphatic hydroxyl groups excluding tert-OH is 1. The zero-order valence-corrected chi connectivity index (χ0v) is 11.9. The molecule has 6 heteroatoms. The van der Waals surface area contributed by atoms with Crippen molar-refractivity contribution in [3.63, 3.8) is 0 Å². The van der Waals surface area contributed by atoms with Crippen molar-refractivity contribution in [1.29, 1.82) is 0 Å². The van der Waals surface area contributed by atoms with Crippen LogP contribution < -0.4 is 10.9 Å². The van der Waals surface area contributed by atoms with E-state index < -0.39 is 11.5 Å². The quantitative estimate of drug-likeness (QED) is 0.785. The van der Waals surface area contributed by atoms with Gasteiger partial charge in [-0.05, 0) is 43.0 Å². The number of pyridine rings is 2. The first-order chi connectivity index (χ1) is 10.6. The van der Waals surface area contributed by atoms with Crippen LogP contribution in [0.1, 0.15) is 34.9 Å². The van der Waals surface area contributed by atoms with Gasteiger partial charge in [0.05, 0.1) is 17.8 Å². The van der Waals surface area contributed by atoms with Crippen LogP contribution in [0.3, 0.4) is 0 Å². The summed E-state index contributed by atoms with van der Waals surface area (Å²) in [5.41, 5.74) is 0.386. The van der Waals surface area contributed by atoms with Crippen molar-refractivity contribution in [2.75, 3.05) is 0 Å². The molecule has 114 valence electrons. The maximum Gasteiger partial charge on any atom is 0.260 e. The second kappa shape index (κ2) is 6.11. The first-order valence-electron chi connectivity index (χ1n) is 7.22. The van der Waals surface area contributed by atoms with Crippen molar-refractivity contribution in [2.24, 2.45) is 5.92 Å². The fourth-order valence-corrected chi connectivity index (χ4v) is 2.71. The third-order valence-corrected chi connectivity index (χ3v) is 3.98. The molecule has 1 unspecified atom stereocenters. The Morgan fingerprint density at radius 3 is 2.77 bits per heavy atom. The van der Waals surface area contributed by atoms with E-state index >= 15 is 0 Å². The van der Waals surface area contributed by atoms with Gasteiger partial charge in [0.2, 0.25) is 0 Å². The van der Waals surface area contributed by atoms with E-state index in [9.17, 15) is 14.7 Å². The normalized spacial score (nSPS) is 21.7. The summed E-state index contributed by atoms with van der Waals surface area (Å²) < 4.78 is 0. The SMILES string of the molecule is O=C(NC(c1ccccn1)C1CC(O)C1)c1ccc[nH]c1=O. The van der Waals surface area contributed by atoms with Crippen molar-refractivity contribution in [2.45, 2.75) is 25.0 Å². The minimum atomic E-state index is -0.432. The van der Waals surface area contributed by atoms with E-state index in [1.807, 2.05) is 12.1 Å². The molecule has 2 heterocycles. The molecule has 1 amide bonds. The van der Waals surface area contributed by atoms with Crippen LogP contribution in [0.2, 0.25) is 0 Å². The standard InChI is InChI=1S/C16H17N3O3/c20-11-8-10(9-11)14(13-5-1-2-6-17-13)19-16(22)12-4-3-7-18-15(12)21/h1-7,10-11,14,20H,8-9H2,(H,18,21)(H,19,22). The molecule has 1 atom stereocenters. The average molecular weight is 299 g/mol. The molecule has 2 aromatic heterocycles. The smallest absolute Gasteiger partial charge is 0.260 e. The molecule has 0 radical (unpaired) electrons. The van der Waals surface area contributed by atoms with Crippen molar-refractivity contribution in [1.82, 2.24) is 15.3 Å². The van der Waals surface area contributed by atoms with E-state index in [-0.39, 0.29) is 23.6 Å².